The summed E-state index contributed by atoms with van der Waals surface area (Å²) in [6, 6.07) is 19.8. The van der Waals surface area contributed by atoms with Crippen LogP contribution < -0.4 is 14.8 Å². The lowest BCUT2D eigenvalue weighted by Gasteiger charge is -2.12. The van der Waals surface area contributed by atoms with Crippen LogP contribution >= 0.6 is 0 Å². The lowest BCUT2D eigenvalue weighted by atomic mass is 10.1. The Hall–Kier alpha value is -4.20. The maximum absolute atomic E-state index is 13.4. The molecule has 0 aliphatic carbocycles. The molecule has 2 heterocycles. The van der Waals surface area contributed by atoms with Gasteiger partial charge in [-0.1, -0.05) is 23.4 Å². The number of anilines is 1. The Labute approximate surface area is 183 Å². The summed E-state index contributed by atoms with van der Waals surface area (Å²) < 4.78 is 25.8. The largest absolute Gasteiger partial charge is 0.493 e. The first-order valence-electron chi connectivity index (χ1n) is 10.0. The highest BCUT2D eigenvalue weighted by atomic mass is 19.1. The van der Waals surface area contributed by atoms with E-state index in [-0.39, 0.29) is 5.82 Å². The number of nitrogens with zero attached hydrogens (tertiary/aromatic N) is 4. The van der Waals surface area contributed by atoms with Gasteiger partial charge >= 0.3 is 0 Å². The van der Waals surface area contributed by atoms with Crippen LogP contribution in [0.25, 0.3) is 27.8 Å². The van der Waals surface area contributed by atoms with Gasteiger partial charge in [-0.2, -0.15) is 4.52 Å². The third kappa shape index (κ3) is 3.45. The molecule has 0 fully saturated rings. The van der Waals surface area contributed by atoms with Gasteiger partial charge in [0.15, 0.2) is 17.1 Å². The van der Waals surface area contributed by atoms with Gasteiger partial charge in [0.1, 0.15) is 17.3 Å². The van der Waals surface area contributed by atoms with Crippen LogP contribution in [0.4, 0.5) is 10.2 Å². The number of benzene rings is 3. The van der Waals surface area contributed by atoms with Crippen LogP contribution in [-0.2, 0) is 6.54 Å². The van der Waals surface area contributed by atoms with Gasteiger partial charge in [0.2, 0.25) is 0 Å². The molecule has 2 aromatic heterocycles. The van der Waals surface area contributed by atoms with Crippen molar-refractivity contribution in [1.82, 2.24) is 19.8 Å². The summed E-state index contributed by atoms with van der Waals surface area (Å²) in [5.41, 5.74) is 3.80. The van der Waals surface area contributed by atoms with E-state index in [1.807, 2.05) is 42.5 Å². The number of hydrogen-bond acceptors (Lipinski definition) is 6. The van der Waals surface area contributed by atoms with Gasteiger partial charge in [-0.3, -0.25) is 0 Å². The molecule has 1 N–H and O–H groups in total. The zero-order chi connectivity index (χ0) is 22.1. The molecule has 5 aromatic rings. The number of fused-ring (bicyclic) bond motifs is 3. The van der Waals surface area contributed by atoms with Crippen molar-refractivity contribution >= 4 is 22.4 Å². The summed E-state index contributed by atoms with van der Waals surface area (Å²) in [7, 11) is 3.22. The summed E-state index contributed by atoms with van der Waals surface area (Å²) in [5.74, 6) is 1.74. The van der Waals surface area contributed by atoms with E-state index in [1.54, 1.807) is 30.9 Å². The van der Waals surface area contributed by atoms with Gasteiger partial charge in [0, 0.05) is 17.5 Å². The van der Waals surface area contributed by atoms with Crippen LogP contribution in [0.1, 0.15) is 5.56 Å². The first-order chi connectivity index (χ1) is 15.7. The second kappa shape index (κ2) is 8.14. The molecule has 0 bridgehead atoms. The first kappa shape index (κ1) is 19.7. The van der Waals surface area contributed by atoms with Gasteiger partial charge < -0.3 is 14.8 Å². The minimum atomic E-state index is -0.305. The van der Waals surface area contributed by atoms with Crippen molar-refractivity contribution in [3.8, 4) is 22.8 Å². The standard InChI is InChI=1S/C24H20FN5O2/c1-31-20-12-7-15(13-21(20)32-2)14-26-23-18-5-3-4-6-19(18)30-24(27-23)22(28-29-30)16-8-10-17(25)11-9-16/h3-13H,14H2,1-2H3,(H,26,27). The Balaban J connectivity index is 1.57. The fourth-order valence-electron chi connectivity index (χ4n) is 3.67. The molecule has 0 unspecified atom stereocenters. The number of rotatable bonds is 6. The average molecular weight is 429 g/mol. The minimum absolute atomic E-state index is 0.305. The second-order valence-electron chi connectivity index (χ2n) is 7.20. The highest BCUT2D eigenvalue weighted by Crippen LogP contribution is 2.30. The molecule has 0 saturated carbocycles. The molecule has 0 radical (unpaired) electrons. The number of nitrogens with one attached hydrogen (secondary N) is 1. The van der Waals surface area contributed by atoms with Gasteiger partial charge in [-0.25, -0.2) is 9.37 Å². The third-order valence-corrected chi connectivity index (χ3v) is 5.28. The van der Waals surface area contributed by atoms with Crippen LogP contribution in [0.3, 0.4) is 0 Å². The summed E-state index contributed by atoms with van der Waals surface area (Å²) in [6.45, 7) is 0.529. The first-order valence-corrected chi connectivity index (χ1v) is 10.0. The highest BCUT2D eigenvalue weighted by molar-refractivity contribution is 5.93. The van der Waals surface area contributed by atoms with Crippen molar-refractivity contribution < 1.29 is 13.9 Å². The van der Waals surface area contributed by atoms with Crippen molar-refractivity contribution in [1.29, 1.82) is 0 Å². The molecule has 0 amide bonds. The third-order valence-electron chi connectivity index (χ3n) is 5.28. The van der Waals surface area contributed by atoms with E-state index in [9.17, 15) is 4.39 Å². The Bertz CT molecular complexity index is 1420. The Kier molecular flexibility index (Phi) is 5.03. The molecular weight excluding hydrogens is 409 g/mol. The quantitative estimate of drug-likeness (QED) is 0.421. The number of ether oxygens (including phenoxy) is 2. The molecule has 0 saturated heterocycles. The number of para-hydroxylation sites is 1. The molecule has 0 spiro atoms. The lowest BCUT2D eigenvalue weighted by Crippen LogP contribution is -2.05. The fraction of sp³-hybridized carbons (Fsp3) is 0.125. The SMILES string of the molecule is COc1ccc(CNc2nc3c(-c4ccc(F)cc4)nnn3c3ccccc23)cc1OC. The molecule has 0 aliphatic heterocycles. The molecular formula is C24H20FN5O2. The van der Waals surface area contributed by atoms with Crippen LogP contribution in [0, 0.1) is 5.82 Å². The fourth-order valence-corrected chi connectivity index (χ4v) is 3.67. The number of methoxy groups -OCH3 is 2. The summed E-state index contributed by atoms with van der Waals surface area (Å²) in [5, 5.41) is 13.0. The zero-order valence-electron chi connectivity index (χ0n) is 17.5. The van der Waals surface area contributed by atoms with Gasteiger partial charge in [-0.15, -0.1) is 5.10 Å². The molecule has 3 aromatic carbocycles. The Morgan fingerprint density at radius 3 is 2.50 bits per heavy atom. The van der Waals surface area contributed by atoms with Gasteiger partial charge in [-0.05, 0) is 54.1 Å². The van der Waals surface area contributed by atoms with E-state index < -0.39 is 0 Å². The molecule has 160 valence electrons. The highest BCUT2D eigenvalue weighted by Gasteiger charge is 2.16. The molecule has 0 aliphatic rings. The van der Waals surface area contributed by atoms with E-state index in [4.69, 9.17) is 14.5 Å². The second-order valence-corrected chi connectivity index (χ2v) is 7.20. The van der Waals surface area contributed by atoms with Gasteiger partial charge in [0.05, 0.1) is 19.7 Å². The summed E-state index contributed by atoms with van der Waals surface area (Å²) in [4.78, 5) is 4.83. The summed E-state index contributed by atoms with van der Waals surface area (Å²) >= 11 is 0. The zero-order valence-corrected chi connectivity index (χ0v) is 17.5. The van der Waals surface area contributed by atoms with Crippen molar-refractivity contribution in [3.05, 3.63) is 78.1 Å². The van der Waals surface area contributed by atoms with Crippen molar-refractivity contribution in [2.24, 2.45) is 0 Å². The molecule has 8 heteroatoms. The van der Waals surface area contributed by atoms with Crippen LogP contribution in [0.2, 0.25) is 0 Å². The van der Waals surface area contributed by atoms with Crippen LogP contribution in [-0.4, -0.2) is 34.0 Å². The monoisotopic (exact) mass is 429 g/mol. The van der Waals surface area contributed by atoms with E-state index in [2.05, 4.69) is 15.6 Å². The number of aromatic nitrogens is 4. The van der Waals surface area contributed by atoms with Crippen molar-refractivity contribution in [2.75, 3.05) is 19.5 Å². The van der Waals surface area contributed by atoms with Crippen LogP contribution in [0.15, 0.2) is 66.7 Å². The number of hydrogen-bond donors (Lipinski definition) is 1. The van der Waals surface area contributed by atoms with E-state index in [0.29, 0.717) is 35.2 Å². The maximum Gasteiger partial charge on any atom is 0.186 e. The molecule has 0 atom stereocenters. The number of halogens is 1. The maximum atomic E-state index is 13.4. The smallest absolute Gasteiger partial charge is 0.186 e. The lowest BCUT2D eigenvalue weighted by molar-refractivity contribution is 0.354. The topological polar surface area (TPSA) is 73.6 Å². The van der Waals surface area contributed by atoms with E-state index in [1.165, 1.54) is 12.1 Å². The van der Waals surface area contributed by atoms with Crippen molar-refractivity contribution in [2.45, 2.75) is 6.54 Å². The van der Waals surface area contributed by atoms with Crippen LogP contribution in [0.5, 0.6) is 11.5 Å². The van der Waals surface area contributed by atoms with E-state index >= 15 is 0 Å². The minimum Gasteiger partial charge on any atom is -0.493 e. The predicted octanol–water partition coefficient (Wildman–Crippen LogP) is 4.71. The summed E-state index contributed by atoms with van der Waals surface area (Å²) in [6.07, 6.45) is 0. The predicted molar refractivity (Wildman–Crippen MR) is 121 cm³/mol. The normalized spacial score (nSPS) is 11.1. The Morgan fingerprint density at radius 1 is 0.938 bits per heavy atom. The van der Waals surface area contributed by atoms with Crippen molar-refractivity contribution in [3.63, 3.8) is 0 Å². The Morgan fingerprint density at radius 2 is 1.72 bits per heavy atom. The van der Waals surface area contributed by atoms with E-state index in [0.717, 1.165) is 22.0 Å². The average Bonchev–Trinajstić information content (AvgIpc) is 3.27. The molecule has 7 nitrogen and oxygen atoms in total. The van der Waals surface area contributed by atoms with Gasteiger partial charge in [0.25, 0.3) is 0 Å². The molecule has 32 heavy (non-hydrogen) atoms. The molecule has 5 rings (SSSR count).